The number of terminal acetylenes is 1. The van der Waals surface area contributed by atoms with Gasteiger partial charge in [-0.1, -0.05) is 17.5 Å². The average Bonchev–Trinajstić information content (AvgIpc) is 2.72. The quantitative estimate of drug-likeness (QED) is 0.644. The highest BCUT2D eigenvalue weighted by molar-refractivity contribution is 6.31. The Morgan fingerprint density at radius 2 is 2.05 bits per heavy atom. The minimum absolute atomic E-state index is 0.0341. The van der Waals surface area contributed by atoms with E-state index >= 15 is 0 Å². The third kappa shape index (κ3) is 2.68. The Balaban J connectivity index is 2.26. The molecule has 20 heavy (non-hydrogen) atoms. The molecule has 0 saturated carbocycles. The molecule has 0 amide bonds. The van der Waals surface area contributed by atoms with Gasteiger partial charge in [0.25, 0.3) is 0 Å². The lowest BCUT2D eigenvalue weighted by Gasteiger charge is -2.06. The first-order valence-electron chi connectivity index (χ1n) is 5.97. The summed E-state index contributed by atoms with van der Waals surface area (Å²) in [5, 5.41) is 4.99. The molecule has 1 aromatic carbocycles. The van der Waals surface area contributed by atoms with E-state index in [1.807, 2.05) is 13.8 Å². The molecule has 1 aromatic heterocycles. The van der Waals surface area contributed by atoms with Crippen molar-refractivity contribution >= 4 is 17.6 Å². The number of aryl methyl sites for hydroxylation is 1. The first-order valence-corrected chi connectivity index (χ1v) is 6.35. The van der Waals surface area contributed by atoms with Gasteiger partial charge in [-0.2, -0.15) is 5.10 Å². The van der Waals surface area contributed by atoms with E-state index in [-0.39, 0.29) is 6.61 Å². The van der Waals surface area contributed by atoms with Crippen LogP contribution in [0.1, 0.15) is 21.7 Å². The van der Waals surface area contributed by atoms with E-state index in [0.717, 1.165) is 17.1 Å². The van der Waals surface area contributed by atoms with E-state index in [4.69, 9.17) is 22.8 Å². The maximum Gasteiger partial charge on any atom is 0.339 e. The number of benzene rings is 1. The van der Waals surface area contributed by atoms with Crippen LogP contribution in [0.25, 0.3) is 5.69 Å². The molecule has 0 aliphatic heterocycles. The highest BCUT2D eigenvalue weighted by Crippen LogP contribution is 2.22. The monoisotopic (exact) mass is 288 g/mol. The largest absolute Gasteiger partial charge is 0.449 e. The van der Waals surface area contributed by atoms with E-state index in [1.54, 1.807) is 28.9 Å². The zero-order chi connectivity index (χ0) is 14.7. The fourth-order valence-corrected chi connectivity index (χ4v) is 1.92. The second-order valence-electron chi connectivity index (χ2n) is 4.22. The summed E-state index contributed by atoms with van der Waals surface area (Å²) in [6.45, 7) is 3.70. The normalized spacial score (nSPS) is 10.1. The molecule has 5 heteroatoms. The summed E-state index contributed by atoms with van der Waals surface area (Å²) in [5.41, 5.74) is 2.89. The van der Waals surface area contributed by atoms with Crippen LogP contribution in [0.2, 0.25) is 5.02 Å². The standard InChI is InChI=1S/C15H13ClN2O2/c1-4-9-20-15(19)12-5-7-13(8-6-12)18-11(3)14(16)10(2)17-18/h1,5-8H,9H2,2-3H3. The lowest BCUT2D eigenvalue weighted by Crippen LogP contribution is -2.06. The highest BCUT2D eigenvalue weighted by atomic mass is 35.5. The number of aromatic nitrogens is 2. The van der Waals surface area contributed by atoms with E-state index in [9.17, 15) is 4.79 Å². The zero-order valence-electron chi connectivity index (χ0n) is 11.2. The van der Waals surface area contributed by atoms with E-state index in [1.165, 1.54) is 0 Å². The molecule has 1 heterocycles. The summed E-state index contributed by atoms with van der Waals surface area (Å²) in [5.74, 6) is 1.81. The van der Waals surface area contributed by atoms with Crippen LogP contribution in [-0.2, 0) is 4.74 Å². The van der Waals surface area contributed by atoms with Gasteiger partial charge in [0.2, 0.25) is 0 Å². The van der Waals surface area contributed by atoms with Gasteiger partial charge in [0.1, 0.15) is 0 Å². The van der Waals surface area contributed by atoms with Gasteiger partial charge in [0.15, 0.2) is 6.61 Å². The number of carbonyl (C=O) groups excluding carboxylic acids is 1. The van der Waals surface area contributed by atoms with Crippen LogP contribution in [0.4, 0.5) is 0 Å². The molecule has 0 aliphatic rings. The second kappa shape index (κ2) is 5.81. The Bertz CT molecular complexity index is 681. The molecule has 0 spiro atoms. The molecule has 2 aromatic rings. The van der Waals surface area contributed by atoms with Crippen LogP contribution < -0.4 is 0 Å². The van der Waals surface area contributed by atoms with Gasteiger partial charge in [-0.15, -0.1) is 6.42 Å². The number of carbonyl (C=O) groups is 1. The summed E-state index contributed by atoms with van der Waals surface area (Å²) < 4.78 is 6.58. The summed E-state index contributed by atoms with van der Waals surface area (Å²) >= 11 is 6.11. The zero-order valence-corrected chi connectivity index (χ0v) is 11.9. The fraction of sp³-hybridized carbons (Fsp3) is 0.200. The van der Waals surface area contributed by atoms with Crippen molar-refractivity contribution in [3.63, 3.8) is 0 Å². The Hall–Kier alpha value is -2.25. The Kier molecular flexibility index (Phi) is 4.11. The van der Waals surface area contributed by atoms with Crippen LogP contribution in [0.5, 0.6) is 0 Å². The predicted octanol–water partition coefficient (Wildman–Crippen LogP) is 2.93. The summed E-state index contributed by atoms with van der Waals surface area (Å²) in [6.07, 6.45) is 5.04. The fourth-order valence-electron chi connectivity index (χ4n) is 1.80. The van der Waals surface area contributed by atoms with Crippen LogP contribution >= 0.6 is 11.6 Å². The summed E-state index contributed by atoms with van der Waals surface area (Å²) in [4.78, 5) is 11.6. The number of halogens is 1. The van der Waals surface area contributed by atoms with Crippen LogP contribution in [0, 0.1) is 26.2 Å². The van der Waals surface area contributed by atoms with Gasteiger partial charge in [-0.05, 0) is 38.1 Å². The number of esters is 1. The third-order valence-electron chi connectivity index (χ3n) is 2.84. The minimum Gasteiger partial charge on any atom is -0.449 e. The molecule has 0 aliphatic carbocycles. The number of nitrogens with zero attached hydrogens (tertiary/aromatic N) is 2. The maximum atomic E-state index is 11.6. The van der Waals surface area contributed by atoms with Crippen LogP contribution in [0.3, 0.4) is 0 Å². The Morgan fingerprint density at radius 1 is 1.40 bits per heavy atom. The molecule has 102 valence electrons. The van der Waals surface area contributed by atoms with Crippen molar-refractivity contribution in [1.29, 1.82) is 0 Å². The third-order valence-corrected chi connectivity index (χ3v) is 3.38. The average molecular weight is 289 g/mol. The molecule has 0 saturated heterocycles. The predicted molar refractivity (Wildman–Crippen MR) is 77.2 cm³/mol. The van der Waals surface area contributed by atoms with Gasteiger partial charge in [0, 0.05) is 0 Å². The van der Waals surface area contributed by atoms with Gasteiger partial charge < -0.3 is 4.74 Å². The van der Waals surface area contributed by atoms with Gasteiger partial charge >= 0.3 is 5.97 Å². The molecule has 2 rings (SSSR count). The molecule has 4 nitrogen and oxygen atoms in total. The van der Waals surface area contributed by atoms with Gasteiger partial charge in [0.05, 0.1) is 27.7 Å². The molecule has 0 bridgehead atoms. The van der Waals surface area contributed by atoms with Crippen molar-refractivity contribution in [1.82, 2.24) is 9.78 Å². The van der Waals surface area contributed by atoms with Crippen molar-refractivity contribution in [2.24, 2.45) is 0 Å². The highest BCUT2D eigenvalue weighted by Gasteiger charge is 2.12. The van der Waals surface area contributed by atoms with Crippen molar-refractivity contribution < 1.29 is 9.53 Å². The molecule has 0 N–H and O–H groups in total. The van der Waals surface area contributed by atoms with Crippen molar-refractivity contribution in [2.75, 3.05) is 6.61 Å². The molecular weight excluding hydrogens is 276 g/mol. The topological polar surface area (TPSA) is 44.1 Å². The SMILES string of the molecule is C#CCOC(=O)c1ccc(-n2nc(C)c(Cl)c2C)cc1. The number of hydrogen-bond donors (Lipinski definition) is 0. The smallest absolute Gasteiger partial charge is 0.339 e. The van der Waals surface area contributed by atoms with E-state index in [0.29, 0.717) is 10.6 Å². The van der Waals surface area contributed by atoms with Gasteiger partial charge in [-0.3, -0.25) is 0 Å². The summed E-state index contributed by atoms with van der Waals surface area (Å²) in [6, 6.07) is 6.89. The van der Waals surface area contributed by atoms with Crippen molar-refractivity contribution in [3.05, 3.63) is 46.2 Å². The second-order valence-corrected chi connectivity index (χ2v) is 4.60. The van der Waals surface area contributed by atoms with Gasteiger partial charge in [-0.25, -0.2) is 9.48 Å². The number of hydrogen-bond acceptors (Lipinski definition) is 3. The first-order chi connectivity index (χ1) is 9.54. The van der Waals surface area contributed by atoms with E-state index in [2.05, 4.69) is 11.0 Å². The van der Waals surface area contributed by atoms with Crippen molar-refractivity contribution in [2.45, 2.75) is 13.8 Å². The lowest BCUT2D eigenvalue weighted by atomic mass is 10.2. The van der Waals surface area contributed by atoms with Crippen LogP contribution in [-0.4, -0.2) is 22.4 Å². The molecule has 0 unspecified atom stereocenters. The number of rotatable bonds is 3. The molecule has 0 radical (unpaired) electrons. The Morgan fingerprint density at radius 3 is 2.55 bits per heavy atom. The van der Waals surface area contributed by atoms with Crippen molar-refractivity contribution in [3.8, 4) is 18.0 Å². The minimum atomic E-state index is -0.444. The molecule has 0 fully saturated rings. The summed E-state index contributed by atoms with van der Waals surface area (Å²) in [7, 11) is 0. The van der Waals surface area contributed by atoms with E-state index < -0.39 is 5.97 Å². The molecule has 0 atom stereocenters. The first kappa shape index (κ1) is 14.2. The number of ether oxygens (including phenoxy) is 1. The Labute approximate surface area is 122 Å². The molecular formula is C15H13ClN2O2. The lowest BCUT2D eigenvalue weighted by molar-refractivity contribution is 0.0557. The van der Waals surface area contributed by atoms with Crippen LogP contribution in [0.15, 0.2) is 24.3 Å². The maximum absolute atomic E-state index is 11.6.